The summed E-state index contributed by atoms with van der Waals surface area (Å²) in [5.41, 5.74) is 2.22. The molecule has 4 atom stereocenters. The predicted molar refractivity (Wildman–Crippen MR) is 262 cm³/mol. The van der Waals surface area contributed by atoms with E-state index in [9.17, 15) is 4.79 Å². The van der Waals surface area contributed by atoms with Crippen LogP contribution in [0.3, 0.4) is 0 Å². The molecular formula is C52H69F3N6O6Si. The normalized spacial score (nSPS) is 23.9. The number of methoxy groups -OCH3 is 2. The largest absolute Gasteiger partial charge is 0.468 e. The van der Waals surface area contributed by atoms with Crippen LogP contribution in [0.25, 0.3) is 32.9 Å². The maximum atomic E-state index is 18.3. The van der Waals surface area contributed by atoms with E-state index in [4.69, 9.17) is 42.7 Å². The first-order valence-electron chi connectivity index (χ1n) is 25.5. The molecule has 1 amide bonds. The van der Waals surface area contributed by atoms with Crippen LogP contribution in [0.2, 0.25) is 16.6 Å². The van der Waals surface area contributed by atoms with Crippen molar-refractivity contribution < 1.29 is 45.8 Å². The maximum Gasteiger partial charge on any atom is 0.411 e. The molecule has 4 saturated heterocycles. The highest BCUT2D eigenvalue weighted by Crippen LogP contribution is 2.47. The van der Waals surface area contributed by atoms with E-state index in [2.05, 4.69) is 57.9 Å². The number of carbonyl (C=O) groups excluding carboxylic acids is 1. The Hall–Kier alpha value is -4.69. The average molecular weight is 962 g/mol. The summed E-state index contributed by atoms with van der Waals surface area (Å²) in [6.07, 6.45) is 1.12. The topological polar surface area (TPSA) is 112 Å². The van der Waals surface area contributed by atoms with Crippen LogP contribution < -0.4 is 14.4 Å². The zero-order valence-electron chi connectivity index (χ0n) is 44.4. The number of aromatic nitrogens is 3. The highest BCUT2D eigenvalue weighted by molar-refractivity contribution is 6.90. The van der Waals surface area contributed by atoms with Crippen LogP contribution >= 0.6 is 0 Å². The van der Waals surface area contributed by atoms with Gasteiger partial charge in [0.25, 0.3) is 0 Å². The van der Waals surface area contributed by atoms with Crippen molar-refractivity contribution >= 4 is 41.7 Å². The Bertz CT molecular complexity index is 2730. The number of carbonyl (C=O) groups is 1. The molecule has 4 aromatic rings. The first-order chi connectivity index (χ1) is 33.3. The van der Waals surface area contributed by atoms with E-state index in [1.807, 2.05) is 4.90 Å². The van der Waals surface area contributed by atoms with Gasteiger partial charge in [-0.05, 0) is 100 Å². The molecule has 4 fully saturated rings. The van der Waals surface area contributed by atoms with Crippen LogP contribution in [0.15, 0.2) is 24.3 Å². The maximum absolute atomic E-state index is 18.3. The lowest BCUT2D eigenvalue weighted by Gasteiger charge is -2.49. The lowest BCUT2D eigenvalue weighted by molar-refractivity contribution is -0.0261. The molecular weight excluding hydrogens is 890 g/mol. The number of anilines is 1. The van der Waals surface area contributed by atoms with E-state index in [0.29, 0.717) is 48.0 Å². The van der Waals surface area contributed by atoms with Crippen molar-refractivity contribution in [3.8, 4) is 34.5 Å². The van der Waals surface area contributed by atoms with Gasteiger partial charge in [0.1, 0.15) is 55.0 Å². The number of pyridine rings is 1. The standard InChI is InChI=1S/C52H69F3N6O6Si/c1-31(2)68(32(3)4,33(5)6)21-17-39-41(54)15-14-35-22-38(66-30-64-12)23-40(43(35)39)45-44(55)46-42(34(7)56-45)47(58-48(57-46)65-29-51-18-13-20-60(51)25-36(53)24-51)59-26-37-16-19-52(27-59,28-63-11)61(37)49(62)67-50(8,9)10/h14-15,22-23,31-33,36-37H,13,16,18-20,24-30H2,1-12H3/t36-,37?,51+,52?/m1/s1/i11D3. The first kappa shape index (κ1) is 45.7. The van der Waals surface area contributed by atoms with Crippen molar-refractivity contribution in [3.63, 3.8) is 0 Å². The number of halogens is 3. The van der Waals surface area contributed by atoms with Gasteiger partial charge in [0, 0.05) is 51.2 Å². The van der Waals surface area contributed by atoms with Crippen LogP contribution in [-0.4, -0.2) is 128 Å². The number of hydrogen-bond donors (Lipinski definition) is 0. The van der Waals surface area contributed by atoms with Gasteiger partial charge < -0.3 is 28.6 Å². The van der Waals surface area contributed by atoms with E-state index in [0.717, 1.165) is 13.0 Å². The Morgan fingerprint density at radius 1 is 0.971 bits per heavy atom. The van der Waals surface area contributed by atoms with E-state index in [-0.39, 0.29) is 95.7 Å². The van der Waals surface area contributed by atoms with Gasteiger partial charge in [-0.3, -0.25) is 9.80 Å². The Kier molecular flexibility index (Phi) is 12.7. The average Bonchev–Trinajstić information content (AvgIpc) is 3.89. The second-order valence-corrected chi connectivity index (χ2v) is 27.0. The molecule has 0 N–H and O–H groups in total. The third-order valence-corrected chi connectivity index (χ3v) is 21.3. The summed E-state index contributed by atoms with van der Waals surface area (Å²) in [7, 11) is -3.67. The summed E-state index contributed by atoms with van der Waals surface area (Å²) in [5, 5.41) is 1.15. The lowest BCUT2D eigenvalue weighted by Crippen LogP contribution is -2.66. The van der Waals surface area contributed by atoms with E-state index in [1.54, 1.807) is 50.8 Å². The van der Waals surface area contributed by atoms with Crippen molar-refractivity contribution in [2.45, 2.75) is 147 Å². The quantitative estimate of drug-likeness (QED) is 0.0725. The van der Waals surface area contributed by atoms with Crippen LogP contribution in [0, 0.1) is 30.0 Å². The molecule has 16 heteroatoms. The molecule has 6 heterocycles. The number of alkyl halides is 1. The Morgan fingerprint density at radius 2 is 1.72 bits per heavy atom. The number of ether oxygens (including phenoxy) is 5. The molecule has 368 valence electrons. The molecule has 0 saturated carbocycles. The van der Waals surface area contributed by atoms with Gasteiger partial charge in [0.15, 0.2) is 12.6 Å². The Balaban J connectivity index is 1.34. The third-order valence-electron chi connectivity index (χ3n) is 15.0. The monoisotopic (exact) mass is 962 g/mol. The Morgan fingerprint density at radius 3 is 2.41 bits per heavy atom. The minimum atomic E-state index is -2.77. The second-order valence-electron chi connectivity index (χ2n) is 21.4. The number of fused-ring (bicyclic) bond motifs is 5. The van der Waals surface area contributed by atoms with E-state index in [1.165, 1.54) is 13.2 Å². The molecule has 2 bridgehead atoms. The zero-order chi connectivity index (χ0) is 51.6. The molecule has 2 aromatic heterocycles. The molecule has 0 spiro atoms. The van der Waals surface area contributed by atoms with E-state index >= 15 is 13.2 Å². The number of piperazine rings is 1. The van der Waals surface area contributed by atoms with Gasteiger partial charge in [-0.2, -0.15) is 9.97 Å². The van der Waals surface area contributed by atoms with Crippen molar-refractivity contribution in [2.75, 3.05) is 65.2 Å². The van der Waals surface area contributed by atoms with Crippen molar-refractivity contribution in [1.82, 2.24) is 24.8 Å². The molecule has 2 unspecified atom stereocenters. The van der Waals surface area contributed by atoms with Gasteiger partial charge in [0.05, 0.1) is 44.5 Å². The summed E-state index contributed by atoms with van der Waals surface area (Å²) in [4.78, 5) is 34.4. The first-order valence-corrected chi connectivity index (χ1v) is 26.3. The third kappa shape index (κ3) is 8.90. The van der Waals surface area contributed by atoms with Crippen LogP contribution in [0.5, 0.6) is 11.8 Å². The molecule has 8 rings (SSSR count). The molecule has 12 nitrogen and oxygen atoms in total. The fourth-order valence-electron chi connectivity index (χ4n) is 12.2. The van der Waals surface area contributed by atoms with Crippen LogP contribution in [0.4, 0.5) is 23.8 Å². The van der Waals surface area contributed by atoms with Crippen LogP contribution in [0.1, 0.15) is 110 Å². The number of hydrogen-bond acceptors (Lipinski definition) is 11. The van der Waals surface area contributed by atoms with Gasteiger partial charge >= 0.3 is 12.1 Å². The molecule has 0 aliphatic carbocycles. The minimum absolute atomic E-state index is 0.0349. The lowest BCUT2D eigenvalue weighted by atomic mass is 9.94. The van der Waals surface area contributed by atoms with Crippen molar-refractivity contribution in [1.29, 1.82) is 0 Å². The smallest absolute Gasteiger partial charge is 0.411 e. The van der Waals surface area contributed by atoms with Gasteiger partial charge in [-0.25, -0.2) is 22.9 Å². The van der Waals surface area contributed by atoms with Gasteiger partial charge in [0.2, 0.25) is 0 Å². The highest BCUT2D eigenvalue weighted by atomic mass is 28.3. The fourth-order valence-corrected chi connectivity index (χ4v) is 17.4. The SMILES string of the molecule is [2H]C([2H])([2H])OCC12CCC(CN(c3nc(OC[C@@]45CCCN4C[C@H](F)C5)nc4c(F)c(-c5cc(OCOC)cc6ccc(F)c(C#C[Si](C(C)C)(C(C)C)C(C)C)c56)nc(C)c34)C1)N2C(=O)OC(C)(C)C. The summed E-state index contributed by atoms with van der Waals surface area (Å²) in [5.74, 6) is 2.50. The molecule has 68 heavy (non-hydrogen) atoms. The van der Waals surface area contributed by atoms with Crippen LogP contribution in [-0.2, 0) is 14.2 Å². The molecule has 0 radical (unpaired) electrons. The Labute approximate surface area is 404 Å². The number of nitrogens with zero attached hydrogens (tertiary/aromatic N) is 6. The number of rotatable bonds is 13. The van der Waals surface area contributed by atoms with Crippen molar-refractivity contribution in [3.05, 3.63) is 47.2 Å². The van der Waals surface area contributed by atoms with E-state index < -0.39 is 61.7 Å². The summed E-state index contributed by atoms with van der Waals surface area (Å²) in [6.45, 7) is 21.0. The summed E-state index contributed by atoms with van der Waals surface area (Å²) >= 11 is 0. The number of amides is 1. The summed E-state index contributed by atoms with van der Waals surface area (Å²) < 4.78 is 103. The molecule has 4 aliphatic rings. The molecule has 4 aliphatic heterocycles. The zero-order valence-corrected chi connectivity index (χ0v) is 42.4. The molecule has 2 aromatic carbocycles. The second kappa shape index (κ2) is 18.9. The fraction of sp³-hybridized carbons (Fsp3) is 0.615. The number of benzene rings is 2. The van der Waals surface area contributed by atoms with Crippen molar-refractivity contribution in [2.24, 2.45) is 0 Å². The highest BCUT2D eigenvalue weighted by Gasteiger charge is 2.56. The van der Waals surface area contributed by atoms with Gasteiger partial charge in [-0.15, -0.1) is 5.54 Å². The minimum Gasteiger partial charge on any atom is -0.468 e. The predicted octanol–water partition coefficient (Wildman–Crippen LogP) is 10.5. The summed E-state index contributed by atoms with van der Waals surface area (Å²) in [6, 6.07) is 5.71. The number of aryl methyl sites for hydroxylation is 1. The van der Waals surface area contributed by atoms with Gasteiger partial charge in [-0.1, -0.05) is 53.5 Å².